The van der Waals surface area contributed by atoms with Crippen LogP contribution in [0, 0.1) is 0 Å². The van der Waals surface area contributed by atoms with Crippen LogP contribution in [-0.2, 0) is 0 Å². The van der Waals surface area contributed by atoms with Crippen molar-refractivity contribution in [3.05, 3.63) is 158 Å². The molecule has 10 rings (SSSR count). The Hall–Kier alpha value is -6.12. The summed E-state index contributed by atoms with van der Waals surface area (Å²) in [5, 5.41) is 10.5. The van der Waals surface area contributed by atoms with Crippen LogP contribution in [-0.4, -0.2) is 0 Å². The molecule has 0 amide bonds. The Morgan fingerprint density at radius 2 is 0.913 bits per heavy atom. The maximum atomic E-state index is 6.65. The maximum Gasteiger partial charge on any atom is 0.179 e. The first-order valence-electron chi connectivity index (χ1n) is 15.7. The van der Waals surface area contributed by atoms with Gasteiger partial charge < -0.3 is 8.83 Å². The van der Waals surface area contributed by atoms with Crippen LogP contribution in [0.5, 0.6) is 0 Å². The van der Waals surface area contributed by atoms with Gasteiger partial charge in [0.25, 0.3) is 0 Å². The van der Waals surface area contributed by atoms with E-state index in [-0.39, 0.29) is 0 Å². The minimum atomic E-state index is 0.773. The highest BCUT2D eigenvalue weighted by Crippen LogP contribution is 2.49. The highest BCUT2D eigenvalue weighted by atomic mass is 16.4. The Balaban J connectivity index is 1.38. The number of fused-ring (bicyclic) bond motifs is 8. The molecule has 2 heteroatoms. The van der Waals surface area contributed by atoms with Crippen LogP contribution in [0.2, 0.25) is 0 Å². The van der Waals surface area contributed by atoms with Crippen LogP contribution in [0.15, 0.2) is 167 Å². The SMILES string of the molecule is c1ccc(-c2cc3cc(-c4c5ccccc5c(-c5cccc6ccccc56)c5ccccc45)c4c5ccccc5oc4c3o2)cc1. The molecule has 2 nitrogen and oxygen atoms in total. The summed E-state index contributed by atoms with van der Waals surface area (Å²) >= 11 is 0. The number of hydrogen-bond donors (Lipinski definition) is 0. The van der Waals surface area contributed by atoms with Crippen molar-refractivity contribution in [2.75, 3.05) is 0 Å². The normalized spacial score (nSPS) is 11.9. The Bertz CT molecular complexity index is 2740. The number of para-hydroxylation sites is 1. The van der Waals surface area contributed by atoms with Gasteiger partial charge in [0.15, 0.2) is 11.2 Å². The molecule has 0 spiro atoms. The van der Waals surface area contributed by atoms with Crippen molar-refractivity contribution >= 4 is 65.2 Å². The number of benzene rings is 8. The van der Waals surface area contributed by atoms with E-state index in [2.05, 4.69) is 127 Å². The first kappa shape index (κ1) is 25.2. The Kier molecular flexibility index (Phi) is 5.31. The molecule has 0 saturated heterocycles. The van der Waals surface area contributed by atoms with Crippen LogP contribution in [0.3, 0.4) is 0 Å². The molecule has 0 radical (unpaired) electrons. The summed E-state index contributed by atoms with van der Waals surface area (Å²) in [6.07, 6.45) is 0. The lowest BCUT2D eigenvalue weighted by molar-refractivity contribution is 0.611. The lowest BCUT2D eigenvalue weighted by Gasteiger charge is -2.19. The van der Waals surface area contributed by atoms with Gasteiger partial charge in [0.1, 0.15) is 11.3 Å². The molecular weight excluding hydrogens is 560 g/mol. The largest absolute Gasteiger partial charge is 0.452 e. The van der Waals surface area contributed by atoms with Gasteiger partial charge in [-0.1, -0.05) is 140 Å². The lowest BCUT2D eigenvalue weighted by atomic mass is 9.83. The minimum absolute atomic E-state index is 0.773. The molecule has 2 heterocycles. The Morgan fingerprint density at radius 3 is 1.63 bits per heavy atom. The van der Waals surface area contributed by atoms with E-state index in [4.69, 9.17) is 8.83 Å². The van der Waals surface area contributed by atoms with Crippen molar-refractivity contribution in [3.63, 3.8) is 0 Å². The van der Waals surface area contributed by atoms with E-state index >= 15 is 0 Å². The Labute approximate surface area is 264 Å². The van der Waals surface area contributed by atoms with Gasteiger partial charge in [0, 0.05) is 21.7 Å². The zero-order valence-electron chi connectivity index (χ0n) is 24.8. The fourth-order valence-corrected chi connectivity index (χ4v) is 7.48. The second-order valence-corrected chi connectivity index (χ2v) is 12.0. The van der Waals surface area contributed by atoms with Gasteiger partial charge in [-0.2, -0.15) is 0 Å². The molecule has 0 unspecified atom stereocenters. The molecule has 0 bridgehead atoms. The smallest absolute Gasteiger partial charge is 0.179 e. The topological polar surface area (TPSA) is 26.3 Å². The molecular formula is C44H26O2. The third-order valence-electron chi connectivity index (χ3n) is 9.45. The first-order valence-corrected chi connectivity index (χ1v) is 15.7. The average molecular weight is 587 g/mol. The third kappa shape index (κ3) is 3.59. The van der Waals surface area contributed by atoms with Crippen molar-refractivity contribution in [2.45, 2.75) is 0 Å². The summed E-state index contributed by atoms with van der Waals surface area (Å²) in [7, 11) is 0. The zero-order chi connectivity index (χ0) is 30.2. The predicted molar refractivity (Wildman–Crippen MR) is 192 cm³/mol. The van der Waals surface area contributed by atoms with Crippen molar-refractivity contribution < 1.29 is 8.83 Å². The molecule has 0 N–H and O–H groups in total. The quantitative estimate of drug-likeness (QED) is 0.193. The van der Waals surface area contributed by atoms with Crippen molar-refractivity contribution in [2.24, 2.45) is 0 Å². The maximum absolute atomic E-state index is 6.65. The summed E-state index contributed by atoms with van der Waals surface area (Å²) in [6.45, 7) is 0. The van der Waals surface area contributed by atoms with Crippen LogP contribution in [0.4, 0.5) is 0 Å². The van der Waals surface area contributed by atoms with Crippen molar-refractivity contribution in [1.82, 2.24) is 0 Å². The molecule has 46 heavy (non-hydrogen) atoms. The van der Waals surface area contributed by atoms with Crippen LogP contribution in [0.25, 0.3) is 98.8 Å². The molecule has 2 aromatic heterocycles. The molecule has 8 aromatic carbocycles. The van der Waals surface area contributed by atoms with E-state index in [1.165, 1.54) is 49.0 Å². The average Bonchev–Trinajstić information content (AvgIpc) is 3.73. The molecule has 214 valence electrons. The van der Waals surface area contributed by atoms with E-state index in [0.717, 1.165) is 49.8 Å². The molecule has 0 saturated carbocycles. The van der Waals surface area contributed by atoms with Gasteiger partial charge in [-0.05, 0) is 72.8 Å². The molecule has 10 aromatic rings. The zero-order valence-corrected chi connectivity index (χ0v) is 24.8. The first-order chi connectivity index (χ1) is 22.8. The second kappa shape index (κ2) is 9.69. The van der Waals surface area contributed by atoms with Gasteiger partial charge in [0.2, 0.25) is 0 Å². The van der Waals surface area contributed by atoms with E-state index < -0.39 is 0 Å². The van der Waals surface area contributed by atoms with E-state index in [1.54, 1.807) is 0 Å². The minimum Gasteiger partial charge on any atom is -0.452 e. The van der Waals surface area contributed by atoms with Gasteiger partial charge in [-0.15, -0.1) is 0 Å². The van der Waals surface area contributed by atoms with Crippen LogP contribution in [0.1, 0.15) is 0 Å². The van der Waals surface area contributed by atoms with Crippen LogP contribution < -0.4 is 0 Å². The number of rotatable bonds is 3. The van der Waals surface area contributed by atoms with E-state index in [1.807, 2.05) is 30.3 Å². The second-order valence-electron chi connectivity index (χ2n) is 12.0. The number of hydrogen-bond acceptors (Lipinski definition) is 2. The number of furan rings is 2. The predicted octanol–water partition coefficient (Wildman–Crippen LogP) is 12.8. The van der Waals surface area contributed by atoms with E-state index in [0.29, 0.717) is 0 Å². The summed E-state index contributed by atoms with van der Waals surface area (Å²) in [6, 6.07) is 56.1. The molecule has 0 atom stereocenters. The summed E-state index contributed by atoms with van der Waals surface area (Å²) in [5.74, 6) is 0.829. The highest BCUT2D eigenvalue weighted by molar-refractivity contribution is 6.29. The van der Waals surface area contributed by atoms with Crippen molar-refractivity contribution in [1.29, 1.82) is 0 Å². The third-order valence-corrected chi connectivity index (χ3v) is 9.45. The van der Waals surface area contributed by atoms with Gasteiger partial charge in [0.05, 0.1) is 0 Å². The molecule has 0 fully saturated rings. The Morgan fingerprint density at radius 1 is 0.348 bits per heavy atom. The van der Waals surface area contributed by atoms with Crippen molar-refractivity contribution in [3.8, 4) is 33.6 Å². The van der Waals surface area contributed by atoms with Crippen LogP contribution >= 0.6 is 0 Å². The molecule has 0 aliphatic heterocycles. The van der Waals surface area contributed by atoms with Gasteiger partial charge in [-0.3, -0.25) is 0 Å². The lowest BCUT2D eigenvalue weighted by Crippen LogP contribution is -1.92. The fourth-order valence-electron chi connectivity index (χ4n) is 7.48. The summed E-state index contributed by atoms with van der Waals surface area (Å²) in [5.41, 5.74) is 8.30. The fraction of sp³-hybridized carbons (Fsp3) is 0. The highest BCUT2D eigenvalue weighted by Gasteiger charge is 2.24. The molecule has 0 aliphatic rings. The summed E-state index contributed by atoms with van der Waals surface area (Å²) < 4.78 is 13.2. The molecule has 0 aliphatic carbocycles. The summed E-state index contributed by atoms with van der Waals surface area (Å²) in [4.78, 5) is 0. The van der Waals surface area contributed by atoms with Gasteiger partial charge >= 0.3 is 0 Å². The van der Waals surface area contributed by atoms with Gasteiger partial charge in [-0.25, -0.2) is 0 Å². The standard InChI is InChI=1S/C44H26O2/c1-2-14-28(15-3-1)39-26-29-25-37(42-36-22-10-11-24-38(36)45-44(42)43(29)46-39)41-34-20-8-6-18-32(34)40(33-19-7-9-21-35(33)41)31-23-12-16-27-13-4-5-17-30(27)31/h1-26H. The van der Waals surface area contributed by atoms with E-state index in [9.17, 15) is 0 Å². The monoisotopic (exact) mass is 586 g/mol.